The molecule has 0 spiro atoms. The number of hydrogen-bond donors (Lipinski definition) is 1. The van der Waals surface area contributed by atoms with Gasteiger partial charge >= 0.3 is 0 Å². The van der Waals surface area contributed by atoms with Crippen LogP contribution in [0.5, 0.6) is 0 Å². The fourth-order valence-electron chi connectivity index (χ4n) is 1.56. The summed E-state index contributed by atoms with van der Waals surface area (Å²) in [6, 6.07) is 6.29. The van der Waals surface area contributed by atoms with Crippen LogP contribution in [-0.4, -0.2) is 13.1 Å². The van der Waals surface area contributed by atoms with Crippen molar-refractivity contribution in [1.29, 1.82) is 0 Å². The molecule has 0 saturated carbocycles. The quantitative estimate of drug-likeness (QED) is 0.743. The second-order valence-electron chi connectivity index (χ2n) is 3.62. The molecule has 14 heavy (non-hydrogen) atoms. The minimum absolute atomic E-state index is 0.886. The van der Waals surface area contributed by atoms with Crippen LogP contribution in [0.3, 0.4) is 0 Å². The lowest BCUT2D eigenvalue weighted by Gasteiger charge is -2.23. The van der Waals surface area contributed by atoms with E-state index in [2.05, 4.69) is 36.9 Å². The van der Waals surface area contributed by atoms with E-state index in [4.69, 9.17) is 5.73 Å². The minimum Gasteiger partial charge on any atom is -0.398 e. The third-order valence-electron chi connectivity index (χ3n) is 2.50. The Hall–Kier alpha value is -1.18. The second-order valence-corrected chi connectivity index (χ2v) is 3.62. The summed E-state index contributed by atoms with van der Waals surface area (Å²) in [6.45, 7) is 8.54. The van der Waals surface area contributed by atoms with Gasteiger partial charge in [0.25, 0.3) is 0 Å². The third-order valence-corrected chi connectivity index (χ3v) is 2.50. The maximum atomic E-state index is 5.88. The molecule has 0 bridgehead atoms. The van der Waals surface area contributed by atoms with Crippen molar-refractivity contribution in [3.8, 4) is 0 Å². The first-order valence-corrected chi connectivity index (χ1v) is 5.30. The molecular formula is C12H20N2. The first kappa shape index (κ1) is 10.9. The van der Waals surface area contributed by atoms with E-state index in [1.54, 1.807) is 0 Å². The first-order chi connectivity index (χ1) is 6.69. The van der Waals surface area contributed by atoms with E-state index in [9.17, 15) is 0 Å². The van der Waals surface area contributed by atoms with Crippen molar-refractivity contribution in [2.75, 3.05) is 23.7 Å². The van der Waals surface area contributed by atoms with Gasteiger partial charge in [-0.25, -0.2) is 0 Å². The highest BCUT2D eigenvalue weighted by molar-refractivity contribution is 5.59. The number of rotatable bonds is 4. The van der Waals surface area contributed by atoms with Crippen molar-refractivity contribution in [3.63, 3.8) is 0 Å². The van der Waals surface area contributed by atoms with E-state index >= 15 is 0 Å². The Morgan fingerprint density at radius 2 is 2.00 bits per heavy atom. The SMILES string of the molecule is CCCN(CC)c1ccc(C)c(N)c1. The molecule has 0 atom stereocenters. The number of nitrogens with two attached hydrogens (primary N) is 1. The Morgan fingerprint density at radius 1 is 1.29 bits per heavy atom. The summed E-state index contributed by atoms with van der Waals surface area (Å²) in [7, 11) is 0. The summed E-state index contributed by atoms with van der Waals surface area (Å²) >= 11 is 0. The highest BCUT2D eigenvalue weighted by Gasteiger charge is 2.03. The summed E-state index contributed by atoms with van der Waals surface area (Å²) in [5.41, 5.74) is 9.16. The molecule has 0 unspecified atom stereocenters. The Labute approximate surface area is 86.7 Å². The van der Waals surface area contributed by atoms with Crippen LogP contribution in [0.2, 0.25) is 0 Å². The Balaban J connectivity index is 2.88. The highest BCUT2D eigenvalue weighted by Crippen LogP contribution is 2.20. The van der Waals surface area contributed by atoms with Crippen molar-refractivity contribution >= 4 is 11.4 Å². The number of benzene rings is 1. The summed E-state index contributed by atoms with van der Waals surface area (Å²) < 4.78 is 0. The van der Waals surface area contributed by atoms with Gasteiger partial charge in [-0.2, -0.15) is 0 Å². The average Bonchev–Trinajstić information content (AvgIpc) is 2.19. The molecule has 1 rings (SSSR count). The van der Waals surface area contributed by atoms with E-state index < -0.39 is 0 Å². The predicted molar refractivity (Wildman–Crippen MR) is 63.8 cm³/mol. The lowest BCUT2D eigenvalue weighted by Crippen LogP contribution is -2.23. The van der Waals surface area contributed by atoms with Crippen LogP contribution in [0.1, 0.15) is 25.8 Å². The molecule has 1 aromatic carbocycles. The molecule has 0 amide bonds. The monoisotopic (exact) mass is 192 g/mol. The Bertz CT molecular complexity index is 294. The van der Waals surface area contributed by atoms with Crippen LogP contribution in [0, 0.1) is 6.92 Å². The topological polar surface area (TPSA) is 29.3 Å². The smallest absolute Gasteiger partial charge is 0.0386 e. The van der Waals surface area contributed by atoms with Gasteiger partial charge in [-0.05, 0) is 38.0 Å². The molecule has 0 fully saturated rings. The van der Waals surface area contributed by atoms with E-state index in [-0.39, 0.29) is 0 Å². The van der Waals surface area contributed by atoms with Crippen LogP contribution >= 0.6 is 0 Å². The van der Waals surface area contributed by atoms with Gasteiger partial charge in [0, 0.05) is 24.5 Å². The molecule has 2 nitrogen and oxygen atoms in total. The molecule has 2 heteroatoms. The first-order valence-electron chi connectivity index (χ1n) is 5.30. The number of nitrogen functional groups attached to an aromatic ring is 1. The molecule has 0 saturated heterocycles. The van der Waals surface area contributed by atoms with Gasteiger partial charge < -0.3 is 10.6 Å². The summed E-state index contributed by atoms with van der Waals surface area (Å²) in [5, 5.41) is 0. The normalized spacial score (nSPS) is 10.2. The van der Waals surface area contributed by atoms with Crippen LogP contribution in [-0.2, 0) is 0 Å². The van der Waals surface area contributed by atoms with Crippen molar-refractivity contribution in [2.24, 2.45) is 0 Å². The molecule has 2 N–H and O–H groups in total. The standard InChI is InChI=1S/C12H20N2/c1-4-8-14(5-2)11-7-6-10(3)12(13)9-11/h6-7,9H,4-5,8,13H2,1-3H3. The van der Waals surface area contributed by atoms with Gasteiger partial charge in [0.1, 0.15) is 0 Å². The lowest BCUT2D eigenvalue weighted by molar-refractivity contribution is 0.792. The highest BCUT2D eigenvalue weighted by atomic mass is 15.1. The minimum atomic E-state index is 0.886. The van der Waals surface area contributed by atoms with Gasteiger partial charge in [0.2, 0.25) is 0 Å². The molecule has 0 aliphatic heterocycles. The van der Waals surface area contributed by atoms with E-state index in [0.717, 1.165) is 24.3 Å². The fourth-order valence-corrected chi connectivity index (χ4v) is 1.56. The zero-order valence-corrected chi connectivity index (χ0v) is 9.38. The van der Waals surface area contributed by atoms with Gasteiger partial charge in [0.05, 0.1) is 0 Å². The van der Waals surface area contributed by atoms with E-state index in [1.807, 2.05) is 6.92 Å². The van der Waals surface area contributed by atoms with Crippen LogP contribution in [0.15, 0.2) is 18.2 Å². The van der Waals surface area contributed by atoms with E-state index in [1.165, 1.54) is 12.1 Å². The van der Waals surface area contributed by atoms with Gasteiger partial charge in [-0.1, -0.05) is 13.0 Å². The van der Waals surface area contributed by atoms with Crippen molar-refractivity contribution in [3.05, 3.63) is 23.8 Å². The fraction of sp³-hybridized carbons (Fsp3) is 0.500. The van der Waals surface area contributed by atoms with Gasteiger partial charge in [-0.15, -0.1) is 0 Å². The molecule has 78 valence electrons. The number of aryl methyl sites for hydroxylation is 1. The summed E-state index contributed by atoms with van der Waals surface area (Å²) in [4.78, 5) is 2.34. The van der Waals surface area contributed by atoms with Crippen LogP contribution in [0.25, 0.3) is 0 Å². The largest absolute Gasteiger partial charge is 0.398 e. The zero-order chi connectivity index (χ0) is 10.6. The number of anilines is 2. The third kappa shape index (κ3) is 2.41. The van der Waals surface area contributed by atoms with Crippen molar-refractivity contribution < 1.29 is 0 Å². The zero-order valence-electron chi connectivity index (χ0n) is 9.38. The number of hydrogen-bond acceptors (Lipinski definition) is 2. The average molecular weight is 192 g/mol. The number of nitrogens with zero attached hydrogens (tertiary/aromatic N) is 1. The van der Waals surface area contributed by atoms with Crippen molar-refractivity contribution in [2.45, 2.75) is 27.2 Å². The van der Waals surface area contributed by atoms with Crippen LogP contribution in [0.4, 0.5) is 11.4 Å². The lowest BCUT2D eigenvalue weighted by atomic mass is 10.1. The molecule has 0 radical (unpaired) electrons. The van der Waals surface area contributed by atoms with Crippen LogP contribution < -0.4 is 10.6 Å². The maximum Gasteiger partial charge on any atom is 0.0386 e. The maximum absolute atomic E-state index is 5.88. The Kier molecular flexibility index (Phi) is 3.81. The summed E-state index contributed by atoms with van der Waals surface area (Å²) in [6.07, 6.45) is 1.17. The molecule has 0 aromatic heterocycles. The summed E-state index contributed by atoms with van der Waals surface area (Å²) in [5.74, 6) is 0. The Morgan fingerprint density at radius 3 is 2.50 bits per heavy atom. The molecule has 0 aliphatic carbocycles. The molecule has 0 aliphatic rings. The van der Waals surface area contributed by atoms with Crippen molar-refractivity contribution in [1.82, 2.24) is 0 Å². The molecular weight excluding hydrogens is 172 g/mol. The van der Waals surface area contributed by atoms with Gasteiger partial charge in [-0.3, -0.25) is 0 Å². The van der Waals surface area contributed by atoms with Gasteiger partial charge in [0.15, 0.2) is 0 Å². The predicted octanol–water partition coefficient (Wildman–Crippen LogP) is 2.81. The second kappa shape index (κ2) is 4.89. The molecule has 1 aromatic rings. The molecule has 0 heterocycles. The van der Waals surface area contributed by atoms with E-state index in [0.29, 0.717) is 0 Å².